The second kappa shape index (κ2) is 15.9. The van der Waals surface area contributed by atoms with Crippen molar-refractivity contribution in [2.45, 2.75) is 10.8 Å². The van der Waals surface area contributed by atoms with Crippen molar-refractivity contribution in [3.05, 3.63) is 251 Å². The first-order chi connectivity index (χ1) is 34.5. The van der Waals surface area contributed by atoms with E-state index in [0.717, 1.165) is 113 Å². The predicted molar refractivity (Wildman–Crippen MR) is 275 cm³/mol. The highest BCUT2D eigenvalue weighted by Crippen LogP contribution is 2.69. The number of furan rings is 2. The van der Waals surface area contributed by atoms with Gasteiger partial charge in [0, 0.05) is 46.0 Å². The van der Waals surface area contributed by atoms with Crippen LogP contribution >= 0.6 is 0 Å². The first-order valence-electron chi connectivity index (χ1n) is 23.4. The lowest BCUT2D eigenvalue weighted by Gasteiger charge is -2.42. The van der Waals surface area contributed by atoms with Crippen LogP contribution in [0.2, 0.25) is 0 Å². The highest BCUT2D eigenvalue weighted by atomic mass is 16.5. The minimum atomic E-state index is -0.980. The standard InChI is InChI=1S/C62H46N2O6/c1-65-43-29-21-39(22-30-43)63(40-23-31-44(66-2)32-24-40)57-37-55-59(69-57)62(53-19-11-7-15-49(53)50-16-8-12-20-54(50)62)56-38-58(64(41-25-33-45(67-3)34-26-41)42-27-35-46(68-4)36-28-42)70-60(56)61(55)51-17-9-5-13-47(51)48-14-6-10-18-52(48)61/h5-38H,1-4H3. The molecule has 2 spiro atoms. The summed E-state index contributed by atoms with van der Waals surface area (Å²) in [6.45, 7) is 0. The van der Waals surface area contributed by atoms with Gasteiger partial charge in [-0.2, -0.15) is 0 Å². The van der Waals surface area contributed by atoms with Gasteiger partial charge < -0.3 is 27.8 Å². The van der Waals surface area contributed by atoms with E-state index in [2.05, 4.69) is 168 Å². The lowest BCUT2D eigenvalue weighted by atomic mass is 9.57. The first kappa shape index (κ1) is 41.3. The molecular formula is C62H46N2O6. The Labute approximate surface area is 406 Å². The Morgan fingerprint density at radius 1 is 0.300 bits per heavy atom. The van der Waals surface area contributed by atoms with E-state index in [9.17, 15) is 0 Å². The van der Waals surface area contributed by atoms with Crippen molar-refractivity contribution >= 4 is 34.5 Å². The molecule has 0 bridgehead atoms. The van der Waals surface area contributed by atoms with Crippen molar-refractivity contribution in [2.24, 2.45) is 0 Å². The maximum absolute atomic E-state index is 7.89. The first-order valence-corrected chi connectivity index (χ1v) is 23.4. The Morgan fingerprint density at radius 2 is 0.543 bits per heavy atom. The highest BCUT2D eigenvalue weighted by Gasteiger charge is 2.64. The number of hydrogen-bond acceptors (Lipinski definition) is 8. The fraction of sp³-hybridized carbons (Fsp3) is 0.0968. The van der Waals surface area contributed by atoms with E-state index in [0.29, 0.717) is 11.8 Å². The van der Waals surface area contributed by atoms with Crippen molar-refractivity contribution in [3.63, 3.8) is 0 Å². The number of rotatable bonds is 10. The molecule has 340 valence electrons. The van der Waals surface area contributed by atoms with E-state index < -0.39 is 10.8 Å². The topological polar surface area (TPSA) is 69.7 Å². The van der Waals surface area contributed by atoms with Crippen molar-refractivity contribution in [3.8, 4) is 45.3 Å². The van der Waals surface area contributed by atoms with E-state index in [-0.39, 0.29) is 0 Å². The number of benzene rings is 8. The maximum atomic E-state index is 7.89. The molecule has 2 aromatic heterocycles. The van der Waals surface area contributed by atoms with Crippen LogP contribution in [0.25, 0.3) is 22.3 Å². The Hall–Kier alpha value is -8.88. The molecule has 0 fully saturated rings. The number of ether oxygens (including phenoxy) is 4. The zero-order valence-corrected chi connectivity index (χ0v) is 39.0. The fourth-order valence-corrected chi connectivity index (χ4v) is 11.6. The van der Waals surface area contributed by atoms with Crippen LogP contribution in [0.4, 0.5) is 34.5 Å². The molecule has 2 heterocycles. The molecule has 10 aromatic rings. The molecular weight excluding hydrogens is 869 g/mol. The lowest BCUT2D eigenvalue weighted by Crippen LogP contribution is -2.42. The fourth-order valence-electron chi connectivity index (χ4n) is 11.6. The highest BCUT2D eigenvalue weighted by molar-refractivity contribution is 5.94. The van der Waals surface area contributed by atoms with E-state index in [1.807, 2.05) is 48.5 Å². The predicted octanol–water partition coefficient (Wildman–Crippen LogP) is 14.9. The summed E-state index contributed by atoms with van der Waals surface area (Å²) in [5, 5.41) is 0. The van der Waals surface area contributed by atoms with Gasteiger partial charge in [0.15, 0.2) is 0 Å². The lowest BCUT2D eigenvalue weighted by molar-refractivity contribution is 0.404. The summed E-state index contributed by atoms with van der Waals surface area (Å²) in [6.07, 6.45) is 0. The van der Waals surface area contributed by atoms with E-state index in [1.165, 1.54) is 0 Å². The summed E-state index contributed by atoms with van der Waals surface area (Å²) >= 11 is 0. The number of fused-ring (bicyclic) bond motifs is 16. The number of nitrogens with zero attached hydrogens (tertiary/aromatic N) is 2. The minimum Gasteiger partial charge on any atom is -0.497 e. The molecule has 13 rings (SSSR count). The molecule has 8 heteroatoms. The molecule has 0 N–H and O–H groups in total. The van der Waals surface area contributed by atoms with Crippen LogP contribution < -0.4 is 28.7 Å². The number of anilines is 6. The van der Waals surface area contributed by atoms with Crippen LogP contribution in [0.5, 0.6) is 23.0 Å². The van der Waals surface area contributed by atoms with Crippen LogP contribution in [0, 0.1) is 0 Å². The summed E-state index contributed by atoms with van der Waals surface area (Å²) in [5.74, 6) is 5.95. The van der Waals surface area contributed by atoms with Gasteiger partial charge in [-0.3, -0.25) is 9.80 Å². The number of methoxy groups -OCH3 is 4. The molecule has 0 saturated heterocycles. The van der Waals surface area contributed by atoms with Gasteiger partial charge in [-0.05, 0) is 142 Å². The molecule has 3 aliphatic rings. The van der Waals surface area contributed by atoms with Gasteiger partial charge in [-0.15, -0.1) is 0 Å². The van der Waals surface area contributed by atoms with Gasteiger partial charge >= 0.3 is 0 Å². The molecule has 0 saturated carbocycles. The van der Waals surface area contributed by atoms with Gasteiger partial charge in [0.25, 0.3) is 0 Å². The monoisotopic (exact) mass is 914 g/mol. The molecule has 0 atom stereocenters. The van der Waals surface area contributed by atoms with Crippen molar-refractivity contribution in [1.29, 1.82) is 0 Å². The Kier molecular flexibility index (Phi) is 9.36. The smallest absolute Gasteiger partial charge is 0.205 e. The Morgan fingerprint density at radius 3 is 0.786 bits per heavy atom. The van der Waals surface area contributed by atoms with Gasteiger partial charge in [0.05, 0.1) is 28.4 Å². The summed E-state index contributed by atoms with van der Waals surface area (Å²) in [6, 6.07) is 72.0. The van der Waals surface area contributed by atoms with Gasteiger partial charge in [-0.25, -0.2) is 0 Å². The zero-order chi connectivity index (χ0) is 47.1. The van der Waals surface area contributed by atoms with Gasteiger partial charge in [0.1, 0.15) is 45.3 Å². The van der Waals surface area contributed by atoms with Crippen LogP contribution in [0.15, 0.2) is 215 Å². The average Bonchev–Trinajstić information content (AvgIpc) is 4.20. The third kappa shape index (κ3) is 5.70. The molecule has 8 aromatic carbocycles. The van der Waals surface area contributed by atoms with E-state index in [1.54, 1.807) is 28.4 Å². The largest absolute Gasteiger partial charge is 0.497 e. The normalized spacial score (nSPS) is 13.7. The molecule has 3 aliphatic carbocycles. The van der Waals surface area contributed by atoms with Crippen molar-refractivity contribution < 1.29 is 27.8 Å². The molecule has 0 amide bonds. The molecule has 0 aliphatic heterocycles. The second-order valence-corrected chi connectivity index (χ2v) is 17.8. The quantitative estimate of drug-likeness (QED) is 0.134. The maximum Gasteiger partial charge on any atom is 0.205 e. The van der Waals surface area contributed by atoms with Crippen LogP contribution in [-0.2, 0) is 10.8 Å². The summed E-state index contributed by atoms with van der Waals surface area (Å²) in [4.78, 5) is 4.36. The Bertz CT molecular complexity index is 3140. The van der Waals surface area contributed by atoms with E-state index in [4.69, 9.17) is 27.8 Å². The van der Waals surface area contributed by atoms with E-state index >= 15 is 0 Å². The molecule has 0 unspecified atom stereocenters. The van der Waals surface area contributed by atoms with Gasteiger partial charge in [0.2, 0.25) is 11.8 Å². The molecule has 8 nitrogen and oxygen atoms in total. The van der Waals surface area contributed by atoms with Crippen molar-refractivity contribution in [2.75, 3.05) is 38.2 Å². The molecule has 70 heavy (non-hydrogen) atoms. The average molecular weight is 915 g/mol. The minimum absolute atomic E-state index is 0.645. The summed E-state index contributed by atoms with van der Waals surface area (Å²) < 4.78 is 38.4. The SMILES string of the molecule is COc1ccc(N(c2ccc(OC)cc2)c2cc3c(o2)C2(c4ccccc4-c4ccccc42)c2cc(N(c4ccc(OC)cc4)c4ccc(OC)cc4)oc2C32c3ccccc3-c3ccccc32)cc1. The van der Waals surface area contributed by atoms with Crippen LogP contribution in [0.1, 0.15) is 44.9 Å². The third-order valence-electron chi connectivity index (χ3n) is 14.6. The summed E-state index contributed by atoms with van der Waals surface area (Å²) in [7, 11) is 6.74. The molecule has 0 radical (unpaired) electrons. The third-order valence-corrected chi connectivity index (χ3v) is 14.6. The summed E-state index contributed by atoms with van der Waals surface area (Å²) in [5.41, 5.74) is 12.6. The Balaban J connectivity index is 1.18. The number of hydrogen-bond donors (Lipinski definition) is 0. The zero-order valence-electron chi connectivity index (χ0n) is 39.0. The van der Waals surface area contributed by atoms with Gasteiger partial charge in [-0.1, -0.05) is 97.1 Å². The van der Waals surface area contributed by atoms with Crippen LogP contribution in [-0.4, -0.2) is 28.4 Å². The van der Waals surface area contributed by atoms with Crippen LogP contribution in [0.3, 0.4) is 0 Å². The second-order valence-electron chi connectivity index (χ2n) is 17.8. The van der Waals surface area contributed by atoms with Crippen molar-refractivity contribution in [1.82, 2.24) is 0 Å².